The Hall–Kier alpha value is -1.31. The predicted octanol–water partition coefficient (Wildman–Crippen LogP) is 1.64. The van der Waals surface area contributed by atoms with E-state index in [2.05, 4.69) is 11.2 Å². The van der Waals surface area contributed by atoms with E-state index in [4.69, 9.17) is 0 Å². The van der Waals surface area contributed by atoms with Gasteiger partial charge in [-0.2, -0.15) is 0 Å². The Bertz CT molecular complexity index is 349. The molecule has 0 unspecified atom stereocenters. The maximum atomic E-state index is 4.20. The first-order chi connectivity index (χ1) is 4.86. The first kappa shape index (κ1) is 5.47. The summed E-state index contributed by atoms with van der Waals surface area (Å²) in [4.78, 5) is 4.20. The molecule has 0 N–H and O–H groups in total. The van der Waals surface area contributed by atoms with E-state index < -0.39 is 0 Å². The molecule has 10 heavy (non-hydrogen) atoms. The second-order valence-electron chi connectivity index (χ2n) is 2.40. The SMILES string of the molecule is Cc1cnc2cccn2c1. The van der Waals surface area contributed by atoms with Gasteiger partial charge in [0.1, 0.15) is 5.65 Å². The molecule has 2 heteroatoms. The van der Waals surface area contributed by atoms with Crippen LogP contribution in [0.15, 0.2) is 30.7 Å². The minimum atomic E-state index is 1.01. The van der Waals surface area contributed by atoms with Crippen molar-refractivity contribution in [3.05, 3.63) is 36.3 Å². The quantitative estimate of drug-likeness (QED) is 0.532. The molecule has 50 valence electrons. The first-order valence-corrected chi connectivity index (χ1v) is 3.25. The van der Waals surface area contributed by atoms with Gasteiger partial charge in [-0.1, -0.05) is 0 Å². The highest BCUT2D eigenvalue weighted by Gasteiger charge is 1.90. The van der Waals surface area contributed by atoms with Gasteiger partial charge in [-0.3, -0.25) is 0 Å². The molecule has 0 aliphatic carbocycles. The van der Waals surface area contributed by atoms with Gasteiger partial charge in [-0.15, -0.1) is 0 Å². The lowest BCUT2D eigenvalue weighted by molar-refractivity contribution is 1.10. The monoisotopic (exact) mass is 132 g/mol. The Balaban J connectivity index is 2.86. The molecule has 0 aliphatic heterocycles. The van der Waals surface area contributed by atoms with Crippen LogP contribution in [0.1, 0.15) is 5.56 Å². The molecule has 0 aromatic carbocycles. The number of hydrogen-bond donors (Lipinski definition) is 0. The number of nitrogens with zero attached hydrogens (tertiary/aromatic N) is 2. The molecule has 0 bridgehead atoms. The van der Waals surface area contributed by atoms with Crippen molar-refractivity contribution in [3.8, 4) is 0 Å². The van der Waals surface area contributed by atoms with Gasteiger partial charge >= 0.3 is 0 Å². The van der Waals surface area contributed by atoms with Crippen LogP contribution in [0.5, 0.6) is 0 Å². The van der Waals surface area contributed by atoms with E-state index in [1.54, 1.807) is 0 Å². The van der Waals surface area contributed by atoms with Gasteiger partial charge in [0, 0.05) is 18.6 Å². The fraction of sp³-hybridized carbons (Fsp3) is 0.125. The zero-order valence-corrected chi connectivity index (χ0v) is 5.78. The number of rotatable bonds is 0. The van der Waals surface area contributed by atoms with Crippen LogP contribution in [0.2, 0.25) is 0 Å². The topological polar surface area (TPSA) is 17.3 Å². The standard InChI is InChI=1S/C8H8N2/c1-7-5-9-8-3-2-4-10(8)6-7/h2-6H,1H3. The van der Waals surface area contributed by atoms with E-state index in [1.807, 2.05) is 35.9 Å². The average Bonchev–Trinajstić information content (AvgIpc) is 2.33. The van der Waals surface area contributed by atoms with Gasteiger partial charge in [0.25, 0.3) is 0 Å². The third kappa shape index (κ3) is 0.692. The molecule has 0 radical (unpaired) electrons. The lowest BCUT2D eigenvalue weighted by Crippen LogP contribution is -1.85. The van der Waals surface area contributed by atoms with E-state index in [0.29, 0.717) is 0 Å². The first-order valence-electron chi connectivity index (χ1n) is 3.25. The molecule has 2 nitrogen and oxygen atoms in total. The normalized spacial score (nSPS) is 10.5. The van der Waals surface area contributed by atoms with Crippen molar-refractivity contribution in [2.24, 2.45) is 0 Å². The third-order valence-electron chi connectivity index (χ3n) is 1.50. The smallest absolute Gasteiger partial charge is 0.136 e. The van der Waals surface area contributed by atoms with Crippen LogP contribution in [0.4, 0.5) is 0 Å². The van der Waals surface area contributed by atoms with Gasteiger partial charge in [-0.05, 0) is 24.6 Å². The zero-order valence-electron chi connectivity index (χ0n) is 5.78. The molecule has 0 saturated carbocycles. The second-order valence-corrected chi connectivity index (χ2v) is 2.40. The summed E-state index contributed by atoms with van der Waals surface area (Å²) in [6, 6.07) is 3.97. The maximum Gasteiger partial charge on any atom is 0.136 e. The van der Waals surface area contributed by atoms with Crippen LogP contribution in [-0.4, -0.2) is 9.38 Å². The average molecular weight is 132 g/mol. The molecule has 0 fully saturated rings. The van der Waals surface area contributed by atoms with Crippen molar-refractivity contribution in [2.45, 2.75) is 6.92 Å². The van der Waals surface area contributed by atoms with Crippen LogP contribution < -0.4 is 0 Å². The van der Waals surface area contributed by atoms with Gasteiger partial charge in [0.15, 0.2) is 0 Å². The minimum absolute atomic E-state index is 1.01. The summed E-state index contributed by atoms with van der Waals surface area (Å²) in [7, 11) is 0. The maximum absolute atomic E-state index is 4.20. The molecule has 2 heterocycles. The van der Waals surface area contributed by atoms with Gasteiger partial charge < -0.3 is 4.40 Å². The number of hydrogen-bond acceptors (Lipinski definition) is 1. The van der Waals surface area contributed by atoms with Crippen LogP contribution in [0.25, 0.3) is 5.65 Å². The molecule has 2 aromatic heterocycles. The van der Waals surface area contributed by atoms with Crippen molar-refractivity contribution in [2.75, 3.05) is 0 Å². The molecule has 2 aromatic rings. The van der Waals surface area contributed by atoms with Crippen LogP contribution >= 0.6 is 0 Å². The van der Waals surface area contributed by atoms with Gasteiger partial charge in [0.05, 0.1) is 0 Å². The summed E-state index contributed by atoms with van der Waals surface area (Å²) in [6.07, 6.45) is 5.92. The lowest BCUT2D eigenvalue weighted by Gasteiger charge is -1.93. The van der Waals surface area contributed by atoms with E-state index >= 15 is 0 Å². The Morgan fingerprint density at radius 3 is 3.30 bits per heavy atom. The van der Waals surface area contributed by atoms with E-state index in [1.165, 1.54) is 5.56 Å². The third-order valence-corrected chi connectivity index (χ3v) is 1.50. The van der Waals surface area contributed by atoms with Crippen molar-refractivity contribution >= 4 is 5.65 Å². The molecule has 0 amide bonds. The molecule has 0 atom stereocenters. The summed E-state index contributed by atoms with van der Waals surface area (Å²) >= 11 is 0. The molecule has 0 aliphatic rings. The van der Waals surface area contributed by atoms with Crippen molar-refractivity contribution in [1.82, 2.24) is 9.38 Å². The van der Waals surface area contributed by atoms with Gasteiger partial charge in [0.2, 0.25) is 0 Å². The molecule has 0 saturated heterocycles. The molecule has 2 rings (SSSR count). The largest absolute Gasteiger partial charge is 0.308 e. The Morgan fingerprint density at radius 1 is 1.50 bits per heavy atom. The lowest BCUT2D eigenvalue weighted by atomic mass is 10.4. The second kappa shape index (κ2) is 1.84. The van der Waals surface area contributed by atoms with E-state index in [9.17, 15) is 0 Å². The van der Waals surface area contributed by atoms with Crippen molar-refractivity contribution in [1.29, 1.82) is 0 Å². The summed E-state index contributed by atoms with van der Waals surface area (Å²) < 4.78 is 2.01. The number of aromatic nitrogens is 2. The molecular weight excluding hydrogens is 124 g/mol. The molecule has 0 spiro atoms. The number of aryl methyl sites for hydroxylation is 1. The Morgan fingerprint density at radius 2 is 2.40 bits per heavy atom. The zero-order chi connectivity index (χ0) is 6.97. The van der Waals surface area contributed by atoms with Crippen LogP contribution in [0, 0.1) is 6.92 Å². The van der Waals surface area contributed by atoms with E-state index in [0.717, 1.165) is 5.65 Å². The van der Waals surface area contributed by atoms with E-state index in [-0.39, 0.29) is 0 Å². The summed E-state index contributed by atoms with van der Waals surface area (Å²) in [5.41, 5.74) is 2.19. The van der Waals surface area contributed by atoms with Crippen molar-refractivity contribution < 1.29 is 0 Å². The van der Waals surface area contributed by atoms with Gasteiger partial charge in [-0.25, -0.2) is 4.98 Å². The predicted molar refractivity (Wildman–Crippen MR) is 39.9 cm³/mol. The Labute approximate surface area is 59.1 Å². The highest BCUT2D eigenvalue weighted by atomic mass is 14.9. The highest BCUT2D eigenvalue weighted by molar-refractivity contribution is 5.38. The van der Waals surface area contributed by atoms with Crippen LogP contribution in [-0.2, 0) is 0 Å². The fourth-order valence-electron chi connectivity index (χ4n) is 1.02. The summed E-state index contributed by atoms with van der Waals surface area (Å²) in [6.45, 7) is 2.03. The number of fused-ring (bicyclic) bond motifs is 1. The van der Waals surface area contributed by atoms with Crippen molar-refractivity contribution in [3.63, 3.8) is 0 Å². The highest BCUT2D eigenvalue weighted by Crippen LogP contribution is 2.01. The summed E-state index contributed by atoms with van der Waals surface area (Å²) in [5.74, 6) is 0. The fourth-order valence-corrected chi connectivity index (χ4v) is 1.02. The van der Waals surface area contributed by atoms with Crippen LogP contribution in [0.3, 0.4) is 0 Å². The minimum Gasteiger partial charge on any atom is -0.308 e. The molecular formula is C8H8N2. The Kier molecular flexibility index (Phi) is 1.01. The summed E-state index contributed by atoms with van der Waals surface area (Å²) in [5, 5.41) is 0.